The summed E-state index contributed by atoms with van der Waals surface area (Å²) in [6.45, 7) is 2.94. The third-order valence-electron chi connectivity index (χ3n) is 2.35. The Morgan fingerprint density at radius 1 is 1.10 bits per heavy atom. The van der Waals surface area contributed by atoms with Gasteiger partial charge in [-0.15, -0.1) is 0 Å². The van der Waals surface area contributed by atoms with Crippen LogP contribution in [0.5, 0.6) is 0 Å². The standard InChI is InChI=1S/C9H8O4.C4H7NO3/c1-5-6(8(10)11)3-2-4-7(5)9(12)13;1-3(2-6)5-4(7)8/h2-4H,1H3,(H,10,11)(H,12,13);2-3,5H,1H3,(H,7,8). The smallest absolute Gasteiger partial charge is 0.405 e. The van der Waals surface area contributed by atoms with Crippen LogP contribution in [0.4, 0.5) is 4.79 Å². The molecule has 114 valence electrons. The molecule has 0 aliphatic rings. The van der Waals surface area contributed by atoms with Crippen molar-refractivity contribution in [1.29, 1.82) is 0 Å². The van der Waals surface area contributed by atoms with E-state index in [1.54, 1.807) is 0 Å². The van der Waals surface area contributed by atoms with Gasteiger partial charge in [0.15, 0.2) is 0 Å². The highest BCUT2D eigenvalue weighted by Gasteiger charge is 2.13. The number of aromatic carboxylic acids is 2. The first-order chi connectivity index (χ1) is 9.70. The van der Waals surface area contributed by atoms with Gasteiger partial charge in [-0.25, -0.2) is 14.4 Å². The van der Waals surface area contributed by atoms with Gasteiger partial charge in [-0.1, -0.05) is 6.07 Å². The number of carboxylic acids is 2. The molecule has 21 heavy (non-hydrogen) atoms. The molecule has 1 unspecified atom stereocenters. The Bertz CT molecular complexity index is 521. The zero-order valence-corrected chi connectivity index (χ0v) is 11.4. The number of carbonyl (C=O) groups excluding carboxylic acids is 1. The maximum atomic E-state index is 10.6. The average Bonchev–Trinajstić information content (AvgIpc) is 2.38. The lowest BCUT2D eigenvalue weighted by Gasteiger charge is -2.03. The summed E-state index contributed by atoms with van der Waals surface area (Å²) in [5.41, 5.74) is 0.335. The maximum Gasteiger partial charge on any atom is 0.405 e. The molecule has 8 heteroatoms. The number of nitrogens with one attached hydrogen (secondary N) is 1. The SMILES string of the molecule is CC(C=O)NC(=O)O.Cc1c(C(=O)O)cccc1C(=O)O. The van der Waals surface area contributed by atoms with Crippen molar-refractivity contribution in [1.82, 2.24) is 5.32 Å². The number of rotatable bonds is 4. The monoisotopic (exact) mass is 297 g/mol. The van der Waals surface area contributed by atoms with Crippen LogP contribution in [-0.4, -0.2) is 45.7 Å². The second-order valence-electron chi connectivity index (χ2n) is 3.96. The summed E-state index contributed by atoms with van der Waals surface area (Å²) in [6.07, 6.45) is -0.654. The lowest BCUT2D eigenvalue weighted by atomic mass is 10.0. The number of carboxylic acid groups (broad SMARTS) is 3. The minimum Gasteiger partial charge on any atom is -0.478 e. The Labute approximate surface area is 120 Å². The molecule has 0 aromatic heterocycles. The Morgan fingerprint density at radius 3 is 1.76 bits per heavy atom. The number of amides is 1. The van der Waals surface area contributed by atoms with Crippen molar-refractivity contribution >= 4 is 24.3 Å². The van der Waals surface area contributed by atoms with Gasteiger partial charge >= 0.3 is 18.0 Å². The van der Waals surface area contributed by atoms with Gasteiger partial charge in [0.1, 0.15) is 6.29 Å². The number of hydrogen-bond acceptors (Lipinski definition) is 4. The number of carbonyl (C=O) groups is 4. The molecule has 0 bridgehead atoms. The molecule has 0 saturated carbocycles. The minimum atomic E-state index is -1.18. The average molecular weight is 297 g/mol. The van der Waals surface area contributed by atoms with E-state index in [1.807, 2.05) is 5.32 Å². The first-order valence-corrected chi connectivity index (χ1v) is 5.71. The second-order valence-corrected chi connectivity index (χ2v) is 3.96. The summed E-state index contributed by atoms with van der Waals surface area (Å²) >= 11 is 0. The third kappa shape index (κ3) is 6.19. The van der Waals surface area contributed by atoms with Gasteiger partial charge in [0.05, 0.1) is 17.2 Å². The van der Waals surface area contributed by atoms with E-state index >= 15 is 0 Å². The topological polar surface area (TPSA) is 141 Å². The molecule has 0 aliphatic heterocycles. The molecule has 1 atom stereocenters. The summed E-state index contributed by atoms with van der Waals surface area (Å²) < 4.78 is 0. The summed E-state index contributed by atoms with van der Waals surface area (Å²) in [5, 5.41) is 27.2. The van der Waals surface area contributed by atoms with Crippen molar-refractivity contribution in [3.8, 4) is 0 Å². The minimum absolute atomic E-state index is 0.0277. The van der Waals surface area contributed by atoms with Crippen LogP contribution in [0, 0.1) is 6.92 Å². The fraction of sp³-hybridized carbons (Fsp3) is 0.231. The van der Waals surface area contributed by atoms with Gasteiger partial charge in [0.25, 0.3) is 0 Å². The highest BCUT2D eigenvalue weighted by Crippen LogP contribution is 2.13. The summed E-state index contributed by atoms with van der Waals surface area (Å²) in [4.78, 5) is 40.6. The van der Waals surface area contributed by atoms with Crippen molar-refractivity contribution in [3.05, 3.63) is 34.9 Å². The van der Waals surface area contributed by atoms with Gasteiger partial charge in [-0.3, -0.25) is 0 Å². The van der Waals surface area contributed by atoms with Crippen LogP contribution in [0.1, 0.15) is 33.2 Å². The molecule has 0 heterocycles. The number of aldehydes is 1. The molecular weight excluding hydrogens is 282 g/mol. The number of benzene rings is 1. The molecular formula is C13H15NO7. The Balaban J connectivity index is 0.000000433. The predicted octanol–water partition coefficient (Wildman–Crippen LogP) is 1.23. The van der Waals surface area contributed by atoms with Crippen LogP contribution in [0.3, 0.4) is 0 Å². The summed E-state index contributed by atoms with van der Waals surface area (Å²) in [6, 6.07) is 3.57. The summed E-state index contributed by atoms with van der Waals surface area (Å²) in [5.74, 6) is -2.22. The lowest BCUT2D eigenvalue weighted by molar-refractivity contribution is -0.109. The molecule has 0 fully saturated rings. The highest BCUT2D eigenvalue weighted by molar-refractivity contribution is 5.96. The second kappa shape index (κ2) is 8.31. The zero-order chi connectivity index (χ0) is 16.6. The zero-order valence-electron chi connectivity index (χ0n) is 11.4. The van der Waals surface area contributed by atoms with Gasteiger partial charge in [-0.05, 0) is 31.5 Å². The fourth-order valence-electron chi connectivity index (χ4n) is 1.33. The van der Waals surface area contributed by atoms with Crippen molar-refractivity contribution in [3.63, 3.8) is 0 Å². The van der Waals surface area contributed by atoms with Crippen LogP contribution in [-0.2, 0) is 4.79 Å². The van der Waals surface area contributed by atoms with Crippen molar-refractivity contribution in [2.24, 2.45) is 0 Å². The Hall–Kier alpha value is -2.90. The number of hydrogen-bond donors (Lipinski definition) is 4. The van der Waals surface area contributed by atoms with E-state index in [-0.39, 0.29) is 16.7 Å². The molecule has 1 rings (SSSR count). The van der Waals surface area contributed by atoms with E-state index < -0.39 is 24.1 Å². The van der Waals surface area contributed by atoms with Gasteiger partial charge in [-0.2, -0.15) is 0 Å². The van der Waals surface area contributed by atoms with Crippen LogP contribution in [0.15, 0.2) is 18.2 Å². The van der Waals surface area contributed by atoms with Gasteiger partial charge < -0.3 is 25.4 Å². The van der Waals surface area contributed by atoms with Gasteiger partial charge in [0, 0.05) is 0 Å². The first kappa shape index (κ1) is 18.1. The third-order valence-corrected chi connectivity index (χ3v) is 2.35. The van der Waals surface area contributed by atoms with Crippen LogP contribution >= 0.6 is 0 Å². The van der Waals surface area contributed by atoms with E-state index in [1.165, 1.54) is 32.0 Å². The van der Waals surface area contributed by atoms with Crippen molar-refractivity contribution in [2.75, 3.05) is 0 Å². The Morgan fingerprint density at radius 2 is 1.52 bits per heavy atom. The molecule has 4 N–H and O–H groups in total. The Kier molecular flexibility index (Phi) is 7.16. The van der Waals surface area contributed by atoms with E-state index in [4.69, 9.17) is 15.3 Å². The largest absolute Gasteiger partial charge is 0.478 e. The molecule has 0 radical (unpaired) electrons. The quantitative estimate of drug-likeness (QED) is 0.612. The predicted molar refractivity (Wildman–Crippen MR) is 71.8 cm³/mol. The van der Waals surface area contributed by atoms with Crippen LogP contribution in [0.25, 0.3) is 0 Å². The molecule has 0 aliphatic carbocycles. The van der Waals surface area contributed by atoms with Crippen LogP contribution in [0.2, 0.25) is 0 Å². The molecule has 1 amide bonds. The van der Waals surface area contributed by atoms with Crippen LogP contribution < -0.4 is 5.32 Å². The van der Waals surface area contributed by atoms with E-state index in [0.29, 0.717) is 6.29 Å². The molecule has 0 saturated heterocycles. The first-order valence-electron chi connectivity index (χ1n) is 5.71. The molecule has 1 aromatic carbocycles. The summed E-state index contributed by atoms with van der Waals surface area (Å²) in [7, 11) is 0. The molecule has 0 spiro atoms. The molecule has 8 nitrogen and oxygen atoms in total. The van der Waals surface area contributed by atoms with Crippen molar-refractivity contribution < 1.29 is 34.5 Å². The van der Waals surface area contributed by atoms with Crippen molar-refractivity contribution in [2.45, 2.75) is 19.9 Å². The maximum absolute atomic E-state index is 10.6. The highest BCUT2D eigenvalue weighted by atomic mass is 16.4. The fourth-order valence-corrected chi connectivity index (χ4v) is 1.33. The molecule has 1 aromatic rings. The van der Waals surface area contributed by atoms with E-state index in [0.717, 1.165) is 0 Å². The lowest BCUT2D eigenvalue weighted by Crippen LogP contribution is -2.31. The van der Waals surface area contributed by atoms with Gasteiger partial charge in [0.2, 0.25) is 0 Å². The van der Waals surface area contributed by atoms with E-state index in [2.05, 4.69) is 0 Å². The normalized spacial score (nSPS) is 10.6. The van der Waals surface area contributed by atoms with E-state index in [9.17, 15) is 19.2 Å².